The highest BCUT2D eigenvalue weighted by Gasteiger charge is 2.11. The maximum Gasteiger partial charge on any atom is 0.335 e. The van der Waals surface area contributed by atoms with Crippen LogP contribution in [0.2, 0.25) is 0 Å². The normalized spacial score (nSPS) is 11.4. The van der Waals surface area contributed by atoms with E-state index >= 15 is 0 Å². The number of hydrogen-bond donors (Lipinski definition) is 2. The standard InChI is InChI=1S/C11H15NO4S2/c1-17-7-6-12-18(15,16)8-9-2-4-10(5-3-9)11(13)14/h2-5,12H,6-8H2,1H3,(H,13,14). The molecule has 0 aliphatic heterocycles. The minimum absolute atomic E-state index is 0.138. The van der Waals surface area contributed by atoms with E-state index in [2.05, 4.69) is 4.72 Å². The van der Waals surface area contributed by atoms with Gasteiger partial charge in [-0.15, -0.1) is 0 Å². The van der Waals surface area contributed by atoms with Crippen LogP contribution in [0.4, 0.5) is 0 Å². The van der Waals surface area contributed by atoms with Crippen molar-refractivity contribution in [3.63, 3.8) is 0 Å². The van der Waals surface area contributed by atoms with E-state index in [-0.39, 0.29) is 11.3 Å². The third-order valence-electron chi connectivity index (χ3n) is 2.19. The summed E-state index contributed by atoms with van der Waals surface area (Å²) in [6.45, 7) is 0.400. The smallest absolute Gasteiger partial charge is 0.335 e. The van der Waals surface area contributed by atoms with Gasteiger partial charge in [-0.2, -0.15) is 11.8 Å². The maximum atomic E-state index is 11.7. The number of benzene rings is 1. The molecular weight excluding hydrogens is 274 g/mol. The Hall–Kier alpha value is -1.05. The molecule has 100 valence electrons. The number of hydrogen-bond acceptors (Lipinski definition) is 4. The van der Waals surface area contributed by atoms with Gasteiger partial charge in [0.1, 0.15) is 0 Å². The van der Waals surface area contributed by atoms with E-state index in [9.17, 15) is 13.2 Å². The summed E-state index contributed by atoms with van der Waals surface area (Å²) < 4.78 is 25.8. The van der Waals surface area contributed by atoms with Crippen LogP contribution in [0.3, 0.4) is 0 Å². The highest BCUT2D eigenvalue weighted by atomic mass is 32.2. The van der Waals surface area contributed by atoms with Crippen LogP contribution in [0.5, 0.6) is 0 Å². The Morgan fingerprint density at radius 1 is 1.33 bits per heavy atom. The summed E-state index contributed by atoms with van der Waals surface area (Å²) in [4.78, 5) is 10.6. The lowest BCUT2D eigenvalue weighted by atomic mass is 10.1. The van der Waals surface area contributed by atoms with Gasteiger partial charge in [-0.1, -0.05) is 12.1 Å². The van der Waals surface area contributed by atoms with Crippen molar-refractivity contribution in [3.05, 3.63) is 35.4 Å². The van der Waals surface area contributed by atoms with Gasteiger partial charge in [-0.05, 0) is 24.0 Å². The Bertz CT molecular complexity index is 496. The highest BCUT2D eigenvalue weighted by molar-refractivity contribution is 7.98. The molecule has 1 aromatic carbocycles. The Labute approximate surface area is 111 Å². The van der Waals surface area contributed by atoms with E-state index in [1.165, 1.54) is 24.3 Å². The fourth-order valence-electron chi connectivity index (χ4n) is 1.31. The van der Waals surface area contributed by atoms with Crippen LogP contribution >= 0.6 is 11.8 Å². The summed E-state index contributed by atoms with van der Waals surface area (Å²) in [7, 11) is -3.35. The molecule has 1 rings (SSSR count). The van der Waals surface area contributed by atoms with Gasteiger partial charge in [-0.3, -0.25) is 0 Å². The van der Waals surface area contributed by atoms with Gasteiger partial charge in [0.25, 0.3) is 0 Å². The van der Waals surface area contributed by atoms with E-state index in [0.717, 1.165) is 5.75 Å². The SMILES string of the molecule is CSCCNS(=O)(=O)Cc1ccc(C(=O)O)cc1. The third kappa shape index (κ3) is 5.07. The molecule has 1 aromatic rings. The predicted octanol–water partition coefficient (Wildman–Crippen LogP) is 1.17. The second-order valence-electron chi connectivity index (χ2n) is 3.65. The minimum atomic E-state index is -3.35. The van der Waals surface area contributed by atoms with E-state index < -0.39 is 16.0 Å². The summed E-state index contributed by atoms with van der Waals surface area (Å²) in [6.07, 6.45) is 1.90. The van der Waals surface area contributed by atoms with Crippen LogP contribution < -0.4 is 4.72 Å². The lowest BCUT2D eigenvalue weighted by Crippen LogP contribution is -2.27. The summed E-state index contributed by atoms with van der Waals surface area (Å²) in [5.41, 5.74) is 0.711. The van der Waals surface area contributed by atoms with Crippen LogP contribution in [0.1, 0.15) is 15.9 Å². The van der Waals surface area contributed by atoms with E-state index in [4.69, 9.17) is 5.11 Å². The fourth-order valence-corrected chi connectivity index (χ4v) is 2.90. The molecule has 0 aromatic heterocycles. The number of sulfonamides is 1. The van der Waals surface area contributed by atoms with E-state index in [1.54, 1.807) is 11.8 Å². The minimum Gasteiger partial charge on any atom is -0.478 e. The van der Waals surface area contributed by atoms with Gasteiger partial charge in [-0.25, -0.2) is 17.9 Å². The summed E-state index contributed by atoms with van der Waals surface area (Å²) >= 11 is 1.56. The molecule has 0 spiro atoms. The summed E-state index contributed by atoms with van der Waals surface area (Å²) in [6, 6.07) is 5.82. The van der Waals surface area contributed by atoms with Gasteiger partial charge >= 0.3 is 5.97 Å². The van der Waals surface area contributed by atoms with E-state index in [1.807, 2.05) is 6.26 Å². The van der Waals surface area contributed by atoms with Crippen molar-refractivity contribution in [1.82, 2.24) is 4.72 Å². The zero-order valence-corrected chi connectivity index (χ0v) is 11.6. The topological polar surface area (TPSA) is 83.5 Å². The largest absolute Gasteiger partial charge is 0.478 e. The van der Waals surface area contributed by atoms with Crippen molar-refractivity contribution in [3.8, 4) is 0 Å². The average Bonchev–Trinajstić information content (AvgIpc) is 2.29. The molecule has 0 aliphatic carbocycles. The highest BCUT2D eigenvalue weighted by Crippen LogP contribution is 2.08. The molecule has 0 saturated heterocycles. The Morgan fingerprint density at radius 2 is 1.94 bits per heavy atom. The number of aromatic carboxylic acids is 1. The van der Waals surface area contributed by atoms with E-state index in [0.29, 0.717) is 12.1 Å². The second-order valence-corrected chi connectivity index (χ2v) is 6.44. The van der Waals surface area contributed by atoms with Gasteiger partial charge < -0.3 is 5.11 Å². The summed E-state index contributed by atoms with van der Waals surface area (Å²) in [5.74, 6) is -0.444. The molecule has 18 heavy (non-hydrogen) atoms. The van der Waals surface area contributed by atoms with Crippen molar-refractivity contribution < 1.29 is 18.3 Å². The molecule has 0 unspecified atom stereocenters. The number of carboxylic acid groups (broad SMARTS) is 1. The molecule has 0 aliphatic rings. The summed E-state index contributed by atoms with van der Waals surface area (Å²) in [5, 5.41) is 8.72. The maximum absolute atomic E-state index is 11.7. The van der Waals surface area contributed by atoms with Gasteiger partial charge in [0.15, 0.2) is 0 Å². The van der Waals surface area contributed by atoms with Crippen molar-refractivity contribution in [1.29, 1.82) is 0 Å². The van der Waals surface area contributed by atoms with Crippen molar-refractivity contribution in [2.45, 2.75) is 5.75 Å². The quantitative estimate of drug-likeness (QED) is 0.736. The molecule has 2 N–H and O–H groups in total. The number of rotatable bonds is 7. The molecule has 5 nitrogen and oxygen atoms in total. The van der Waals surface area contributed by atoms with Crippen molar-refractivity contribution in [2.24, 2.45) is 0 Å². The van der Waals surface area contributed by atoms with Crippen molar-refractivity contribution >= 4 is 27.8 Å². The zero-order chi connectivity index (χ0) is 13.6. The molecule has 0 radical (unpaired) electrons. The van der Waals surface area contributed by atoms with Crippen LogP contribution in [0.15, 0.2) is 24.3 Å². The molecule has 7 heteroatoms. The second kappa shape index (κ2) is 6.77. The van der Waals surface area contributed by atoms with Crippen LogP contribution in [0.25, 0.3) is 0 Å². The molecule has 0 atom stereocenters. The first-order valence-corrected chi connectivity index (χ1v) is 8.28. The first-order valence-electron chi connectivity index (χ1n) is 5.23. The van der Waals surface area contributed by atoms with Gasteiger partial charge in [0.2, 0.25) is 10.0 Å². The number of thioether (sulfide) groups is 1. The lowest BCUT2D eigenvalue weighted by molar-refractivity contribution is 0.0697. The fraction of sp³-hybridized carbons (Fsp3) is 0.364. The molecule has 0 amide bonds. The number of nitrogens with one attached hydrogen (secondary N) is 1. The Kier molecular flexibility index (Phi) is 5.64. The number of carbonyl (C=O) groups is 1. The first-order chi connectivity index (χ1) is 8.44. The van der Waals surface area contributed by atoms with Crippen LogP contribution in [-0.4, -0.2) is 38.0 Å². The first kappa shape index (κ1) is 15.0. The Balaban J connectivity index is 2.63. The Morgan fingerprint density at radius 3 is 2.44 bits per heavy atom. The zero-order valence-electron chi connectivity index (χ0n) is 9.92. The third-order valence-corrected chi connectivity index (χ3v) is 4.16. The average molecular weight is 289 g/mol. The molecule has 0 bridgehead atoms. The molecule has 0 saturated carbocycles. The number of carboxylic acids is 1. The predicted molar refractivity (Wildman–Crippen MR) is 72.4 cm³/mol. The molecule has 0 fully saturated rings. The monoisotopic (exact) mass is 289 g/mol. The van der Waals surface area contributed by atoms with Crippen LogP contribution in [-0.2, 0) is 15.8 Å². The molecule has 0 heterocycles. The van der Waals surface area contributed by atoms with Crippen LogP contribution in [0, 0.1) is 0 Å². The van der Waals surface area contributed by atoms with Crippen molar-refractivity contribution in [2.75, 3.05) is 18.6 Å². The van der Waals surface area contributed by atoms with Gasteiger partial charge in [0, 0.05) is 12.3 Å². The van der Waals surface area contributed by atoms with Gasteiger partial charge in [0.05, 0.1) is 11.3 Å². The lowest BCUT2D eigenvalue weighted by Gasteiger charge is -2.06. The molecular formula is C11H15NO4S2.